The predicted molar refractivity (Wildman–Crippen MR) is 80.1 cm³/mol. The molecule has 6 heteroatoms. The third kappa shape index (κ3) is 2.89. The Morgan fingerprint density at radius 2 is 2.21 bits per heavy atom. The van der Waals surface area contributed by atoms with Gasteiger partial charge in [-0.3, -0.25) is 0 Å². The van der Waals surface area contributed by atoms with Gasteiger partial charge >= 0.3 is 0 Å². The highest BCUT2D eigenvalue weighted by atomic mass is 79.9. The molecule has 2 aromatic rings. The monoisotopic (exact) mass is 359 g/mol. The average Bonchev–Trinajstić information content (AvgIpc) is 2.98. The molecule has 3 rings (SSSR count). The number of hydrogen-bond donors (Lipinski definition) is 1. The summed E-state index contributed by atoms with van der Waals surface area (Å²) in [5, 5.41) is 3.38. The normalized spacial score (nSPS) is 12.9. The summed E-state index contributed by atoms with van der Waals surface area (Å²) in [5.41, 5.74) is 1.11. The van der Waals surface area contributed by atoms with Gasteiger partial charge in [0.1, 0.15) is 4.34 Å². The molecule has 0 radical (unpaired) electrons. The van der Waals surface area contributed by atoms with Gasteiger partial charge in [0, 0.05) is 28.0 Å². The molecule has 0 saturated carbocycles. The number of rotatable bonds is 4. The maximum Gasteiger partial charge on any atom is 0.231 e. The Balaban J connectivity index is 1.62. The Hall–Kier alpha value is -0.750. The van der Waals surface area contributed by atoms with Crippen molar-refractivity contribution in [1.82, 2.24) is 5.32 Å². The first-order valence-electron chi connectivity index (χ1n) is 5.76. The van der Waals surface area contributed by atoms with Crippen molar-refractivity contribution in [2.45, 2.75) is 13.1 Å². The van der Waals surface area contributed by atoms with Gasteiger partial charge in [0.25, 0.3) is 0 Å². The van der Waals surface area contributed by atoms with Crippen LogP contribution in [0.2, 0.25) is 4.34 Å². The van der Waals surface area contributed by atoms with Crippen molar-refractivity contribution in [2.75, 3.05) is 6.79 Å². The third-order valence-electron chi connectivity index (χ3n) is 2.79. The van der Waals surface area contributed by atoms with Gasteiger partial charge < -0.3 is 14.8 Å². The average molecular weight is 361 g/mol. The standard InChI is InChI=1S/C13H11BrClNO2S/c14-10-4-9(19-13(10)15)6-16-5-8-2-1-3-11-12(8)18-7-17-11/h1-4,16H,5-7H2. The van der Waals surface area contributed by atoms with E-state index in [-0.39, 0.29) is 0 Å². The molecule has 0 aliphatic carbocycles. The first kappa shape index (κ1) is 13.2. The Kier molecular flexibility index (Phi) is 3.98. The van der Waals surface area contributed by atoms with E-state index in [1.807, 2.05) is 24.3 Å². The summed E-state index contributed by atoms with van der Waals surface area (Å²) in [6, 6.07) is 7.97. The summed E-state index contributed by atoms with van der Waals surface area (Å²) in [5.74, 6) is 1.67. The molecular formula is C13H11BrClNO2S. The van der Waals surface area contributed by atoms with Gasteiger partial charge in [-0.05, 0) is 28.1 Å². The molecule has 1 aliphatic rings. The SMILES string of the molecule is Clc1sc(CNCc2cccc3c2OCO3)cc1Br. The zero-order valence-electron chi connectivity index (χ0n) is 9.91. The number of thiophene rings is 1. The van der Waals surface area contributed by atoms with Gasteiger partial charge in [-0.2, -0.15) is 0 Å². The molecule has 0 atom stereocenters. The lowest BCUT2D eigenvalue weighted by Crippen LogP contribution is -2.12. The van der Waals surface area contributed by atoms with Crippen LogP contribution in [-0.2, 0) is 13.1 Å². The van der Waals surface area contributed by atoms with E-state index in [0.717, 1.165) is 39.0 Å². The van der Waals surface area contributed by atoms with E-state index >= 15 is 0 Å². The topological polar surface area (TPSA) is 30.5 Å². The molecule has 2 heterocycles. The number of halogens is 2. The summed E-state index contributed by atoms with van der Waals surface area (Å²) < 4.78 is 12.6. The maximum absolute atomic E-state index is 6.01. The van der Waals surface area contributed by atoms with Gasteiger partial charge in [-0.25, -0.2) is 0 Å². The first-order valence-corrected chi connectivity index (χ1v) is 7.74. The van der Waals surface area contributed by atoms with Crippen molar-refractivity contribution in [3.05, 3.63) is 43.5 Å². The van der Waals surface area contributed by atoms with Crippen molar-refractivity contribution in [3.63, 3.8) is 0 Å². The second kappa shape index (κ2) is 5.71. The van der Waals surface area contributed by atoms with E-state index in [9.17, 15) is 0 Å². The predicted octanol–water partition coefficient (Wildman–Crippen LogP) is 4.18. The van der Waals surface area contributed by atoms with Gasteiger partial charge in [0.2, 0.25) is 6.79 Å². The fraction of sp³-hybridized carbons (Fsp3) is 0.231. The smallest absolute Gasteiger partial charge is 0.231 e. The van der Waals surface area contributed by atoms with Crippen molar-refractivity contribution in [3.8, 4) is 11.5 Å². The van der Waals surface area contributed by atoms with E-state index in [4.69, 9.17) is 21.1 Å². The molecule has 0 fully saturated rings. The number of fused-ring (bicyclic) bond motifs is 1. The second-order valence-corrected chi connectivity index (χ2v) is 6.68. The highest BCUT2D eigenvalue weighted by Crippen LogP contribution is 2.35. The Bertz CT molecular complexity index is 583. The fourth-order valence-electron chi connectivity index (χ4n) is 1.93. The van der Waals surface area contributed by atoms with Crippen LogP contribution in [0.4, 0.5) is 0 Å². The van der Waals surface area contributed by atoms with Crippen LogP contribution in [0.5, 0.6) is 11.5 Å². The summed E-state index contributed by atoms with van der Waals surface area (Å²) in [6.45, 7) is 1.82. The quantitative estimate of drug-likeness (QED) is 0.887. The van der Waals surface area contributed by atoms with E-state index in [1.165, 1.54) is 4.88 Å². The summed E-state index contributed by atoms with van der Waals surface area (Å²) >= 11 is 11.0. The lowest BCUT2D eigenvalue weighted by molar-refractivity contribution is 0.173. The minimum Gasteiger partial charge on any atom is -0.454 e. The summed E-state index contributed by atoms with van der Waals surface area (Å²) in [7, 11) is 0. The molecule has 0 spiro atoms. The maximum atomic E-state index is 6.01. The lowest BCUT2D eigenvalue weighted by Gasteiger charge is -2.06. The molecule has 0 amide bonds. The molecular weight excluding hydrogens is 350 g/mol. The molecule has 0 bridgehead atoms. The molecule has 3 nitrogen and oxygen atoms in total. The van der Waals surface area contributed by atoms with Gasteiger partial charge in [0.05, 0.1) is 0 Å². The number of nitrogens with one attached hydrogen (secondary N) is 1. The number of ether oxygens (including phenoxy) is 2. The highest BCUT2D eigenvalue weighted by molar-refractivity contribution is 9.10. The number of hydrogen-bond acceptors (Lipinski definition) is 4. The molecule has 0 unspecified atom stereocenters. The molecule has 0 saturated heterocycles. The molecule has 1 aliphatic heterocycles. The van der Waals surface area contributed by atoms with Crippen molar-refractivity contribution >= 4 is 38.9 Å². The number of para-hydroxylation sites is 1. The molecule has 1 aromatic carbocycles. The zero-order valence-corrected chi connectivity index (χ0v) is 13.1. The highest BCUT2D eigenvalue weighted by Gasteiger charge is 2.16. The first-order chi connectivity index (χ1) is 9.24. The molecule has 100 valence electrons. The zero-order chi connectivity index (χ0) is 13.2. The molecule has 19 heavy (non-hydrogen) atoms. The fourth-order valence-corrected chi connectivity index (χ4v) is 3.69. The van der Waals surface area contributed by atoms with Crippen LogP contribution in [-0.4, -0.2) is 6.79 Å². The van der Waals surface area contributed by atoms with E-state index in [0.29, 0.717) is 6.79 Å². The second-order valence-electron chi connectivity index (χ2n) is 4.09. The van der Waals surface area contributed by atoms with Crippen LogP contribution < -0.4 is 14.8 Å². The van der Waals surface area contributed by atoms with Crippen molar-refractivity contribution in [2.24, 2.45) is 0 Å². The Morgan fingerprint density at radius 3 is 3.00 bits per heavy atom. The molecule has 1 N–H and O–H groups in total. The van der Waals surface area contributed by atoms with Crippen LogP contribution in [0.3, 0.4) is 0 Å². The van der Waals surface area contributed by atoms with Gasteiger partial charge in [-0.1, -0.05) is 23.7 Å². The van der Waals surface area contributed by atoms with Crippen LogP contribution in [0.1, 0.15) is 10.4 Å². The largest absolute Gasteiger partial charge is 0.454 e. The Morgan fingerprint density at radius 1 is 1.32 bits per heavy atom. The van der Waals surface area contributed by atoms with E-state index in [1.54, 1.807) is 11.3 Å². The van der Waals surface area contributed by atoms with Crippen molar-refractivity contribution < 1.29 is 9.47 Å². The summed E-state index contributed by atoms with van der Waals surface area (Å²) in [4.78, 5) is 1.20. The minimum atomic E-state index is 0.305. The van der Waals surface area contributed by atoms with Crippen molar-refractivity contribution in [1.29, 1.82) is 0 Å². The van der Waals surface area contributed by atoms with Crippen LogP contribution in [0.25, 0.3) is 0 Å². The van der Waals surface area contributed by atoms with Gasteiger partial charge in [0.15, 0.2) is 11.5 Å². The minimum absolute atomic E-state index is 0.305. The van der Waals surface area contributed by atoms with Crippen LogP contribution in [0.15, 0.2) is 28.7 Å². The summed E-state index contributed by atoms with van der Waals surface area (Å²) in [6.07, 6.45) is 0. The third-order valence-corrected chi connectivity index (χ3v) is 5.26. The van der Waals surface area contributed by atoms with E-state index in [2.05, 4.69) is 21.2 Å². The van der Waals surface area contributed by atoms with Crippen LogP contribution in [0, 0.1) is 0 Å². The number of benzene rings is 1. The van der Waals surface area contributed by atoms with Gasteiger partial charge in [-0.15, -0.1) is 11.3 Å². The lowest BCUT2D eigenvalue weighted by atomic mass is 10.2. The van der Waals surface area contributed by atoms with E-state index < -0.39 is 0 Å². The Labute approximate surface area is 128 Å². The molecule has 1 aromatic heterocycles. The van der Waals surface area contributed by atoms with Crippen LogP contribution >= 0.6 is 38.9 Å².